The van der Waals surface area contributed by atoms with Crippen LogP contribution in [0.2, 0.25) is 0 Å². The number of rotatable bonds is 4. The van der Waals surface area contributed by atoms with Gasteiger partial charge in [-0.1, -0.05) is 30.3 Å². The Bertz CT molecular complexity index is 860. The number of carbonyl (C=O) groups is 1. The predicted molar refractivity (Wildman–Crippen MR) is 82.2 cm³/mol. The van der Waals surface area contributed by atoms with Gasteiger partial charge in [0.05, 0.1) is 5.56 Å². The van der Waals surface area contributed by atoms with Crippen LogP contribution in [-0.2, 0) is 12.7 Å². The van der Waals surface area contributed by atoms with E-state index in [2.05, 4.69) is 25.9 Å². The number of alkyl halides is 3. The minimum atomic E-state index is -4.46. The zero-order valence-electron chi connectivity index (χ0n) is 12.7. The fourth-order valence-corrected chi connectivity index (χ4v) is 2.28. The van der Waals surface area contributed by atoms with Gasteiger partial charge in [0.2, 0.25) is 5.82 Å². The summed E-state index contributed by atoms with van der Waals surface area (Å²) < 4.78 is 38.8. The summed E-state index contributed by atoms with van der Waals surface area (Å²) in [6.45, 7) is -0.221. The quantitative estimate of drug-likeness (QED) is 0.760. The van der Waals surface area contributed by atoms with E-state index < -0.39 is 17.6 Å². The second-order valence-electron chi connectivity index (χ2n) is 5.15. The largest absolute Gasteiger partial charge is 0.416 e. The maximum atomic E-state index is 12.9. The molecule has 6 nitrogen and oxygen atoms in total. The highest BCUT2D eigenvalue weighted by Gasteiger charge is 2.32. The number of aromatic nitrogens is 4. The summed E-state index contributed by atoms with van der Waals surface area (Å²) in [6, 6.07) is 11.5. The van der Waals surface area contributed by atoms with Crippen LogP contribution >= 0.6 is 0 Å². The van der Waals surface area contributed by atoms with Crippen molar-refractivity contribution in [3.8, 4) is 11.4 Å². The maximum absolute atomic E-state index is 12.9. The number of tetrazole rings is 1. The first-order valence-electron chi connectivity index (χ1n) is 7.22. The number of hydrogen-bond donors (Lipinski definition) is 2. The topological polar surface area (TPSA) is 83.6 Å². The van der Waals surface area contributed by atoms with Crippen molar-refractivity contribution in [3.63, 3.8) is 0 Å². The Morgan fingerprint density at radius 3 is 2.44 bits per heavy atom. The van der Waals surface area contributed by atoms with E-state index in [1.54, 1.807) is 12.1 Å². The monoisotopic (exact) mass is 347 g/mol. The number of halogens is 3. The van der Waals surface area contributed by atoms with Crippen LogP contribution in [0, 0.1) is 0 Å². The standard InChI is InChI=1S/C16H12F3N5O/c17-16(18,19)13-4-2-1-3-12(13)9-20-15(25)11-7-5-10(6-8-11)14-21-23-24-22-14/h1-8H,9H2,(H,20,25)(H,21,22,23,24). The Hall–Kier alpha value is -3.23. The molecule has 2 aromatic carbocycles. The van der Waals surface area contributed by atoms with Crippen LogP contribution in [0.4, 0.5) is 13.2 Å². The number of amides is 1. The smallest absolute Gasteiger partial charge is 0.348 e. The van der Waals surface area contributed by atoms with Crippen molar-refractivity contribution in [2.24, 2.45) is 0 Å². The van der Waals surface area contributed by atoms with Crippen LogP contribution < -0.4 is 5.32 Å². The molecular formula is C16H12F3N5O. The maximum Gasteiger partial charge on any atom is 0.416 e. The van der Waals surface area contributed by atoms with Crippen molar-refractivity contribution in [2.45, 2.75) is 12.7 Å². The number of H-pyrrole nitrogens is 1. The number of benzene rings is 2. The van der Waals surface area contributed by atoms with Gasteiger partial charge >= 0.3 is 6.18 Å². The molecule has 1 aromatic heterocycles. The average molecular weight is 347 g/mol. The van der Waals surface area contributed by atoms with Gasteiger partial charge in [-0.15, -0.1) is 10.2 Å². The van der Waals surface area contributed by atoms with E-state index in [0.29, 0.717) is 17.0 Å². The SMILES string of the molecule is O=C(NCc1ccccc1C(F)(F)F)c1ccc(-c2nn[nH]n2)cc1. The van der Waals surface area contributed by atoms with Crippen molar-refractivity contribution in [3.05, 3.63) is 65.2 Å². The van der Waals surface area contributed by atoms with Gasteiger partial charge in [0.1, 0.15) is 0 Å². The Morgan fingerprint density at radius 2 is 1.80 bits per heavy atom. The second-order valence-corrected chi connectivity index (χ2v) is 5.15. The minimum Gasteiger partial charge on any atom is -0.348 e. The van der Waals surface area contributed by atoms with Gasteiger partial charge < -0.3 is 5.32 Å². The van der Waals surface area contributed by atoms with Crippen LogP contribution in [0.3, 0.4) is 0 Å². The molecule has 0 atom stereocenters. The van der Waals surface area contributed by atoms with Gasteiger partial charge in [-0.25, -0.2) is 0 Å². The average Bonchev–Trinajstić information content (AvgIpc) is 3.14. The lowest BCUT2D eigenvalue weighted by Gasteiger charge is -2.13. The molecule has 1 heterocycles. The summed E-state index contributed by atoms with van der Waals surface area (Å²) >= 11 is 0. The van der Waals surface area contributed by atoms with Crippen molar-refractivity contribution < 1.29 is 18.0 Å². The molecule has 0 saturated carbocycles. The van der Waals surface area contributed by atoms with Gasteiger partial charge in [0, 0.05) is 17.7 Å². The zero-order valence-corrected chi connectivity index (χ0v) is 12.7. The van der Waals surface area contributed by atoms with E-state index in [1.165, 1.54) is 30.3 Å². The molecular weight excluding hydrogens is 335 g/mol. The van der Waals surface area contributed by atoms with Gasteiger partial charge in [-0.05, 0) is 29.0 Å². The molecule has 0 spiro atoms. The van der Waals surface area contributed by atoms with Crippen LogP contribution in [0.5, 0.6) is 0 Å². The number of carbonyl (C=O) groups excluding carboxylic acids is 1. The van der Waals surface area contributed by atoms with Gasteiger partial charge in [0.25, 0.3) is 5.91 Å². The molecule has 9 heteroatoms. The van der Waals surface area contributed by atoms with E-state index in [4.69, 9.17) is 0 Å². The molecule has 3 rings (SSSR count). The predicted octanol–water partition coefficient (Wildman–Crippen LogP) is 2.82. The van der Waals surface area contributed by atoms with Gasteiger partial charge in [-0.3, -0.25) is 4.79 Å². The molecule has 128 valence electrons. The Kier molecular flexibility index (Phi) is 4.46. The van der Waals surface area contributed by atoms with Crippen LogP contribution in [0.1, 0.15) is 21.5 Å². The Morgan fingerprint density at radius 1 is 1.08 bits per heavy atom. The molecule has 0 aliphatic rings. The summed E-state index contributed by atoms with van der Waals surface area (Å²) in [5.41, 5.74) is 0.221. The van der Waals surface area contributed by atoms with E-state index in [0.717, 1.165) is 6.07 Å². The third-order valence-electron chi connectivity index (χ3n) is 3.51. The van der Waals surface area contributed by atoms with Gasteiger partial charge in [0.15, 0.2) is 0 Å². The first kappa shape index (κ1) is 16.6. The molecule has 25 heavy (non-hydrogen) atoms. The molecule has 0 bridgehead atoms. The van der Waals surface area contributed by atoms with Crippen LogP contribution in [0.15, 0.2) is 48.5 Å². The first-order valence-corrected chi connectivity index (χ1v) is 7.22. The fourth-order valence-electron chi connectivity index (χ4n) is 2.28. The highest BCUT2D eigenvalue weighted by atomic mass is 19.4. The van der Waals surface area contributed by atoms with Crippen molar-refractivity contribution in [1.82, 2.24) is 25.9 Å². The lowest BCUT2D eigenvalue weighted by molar-refractivity contribution is -0.138. The highest BCUT2D eigenvalue weighted by Crippen LogP contribution is 2.31. The summed E-state index contributed by atoms with van der Waals surface area (Å²) in [4.78, 5) is 12.1. The lowest BCUT2D eigenvalue weighted by Crippen LogP contribution is -2.24. The molecule has 0 aliphatic carbocycles. The van der Waals surface area contributed by atoms with E-state index in [1.807, 2.05) is 0 Å². The van der Waals surface area contributed by atoms with Crippen molar-refractivity contribution in [2.75, 3.05) is 0 Å². The number of nitrogens with zero attached hydrogens (tertiary/aromatic N) is 3. The molecule has 2 N–H and O–H groups in total. The molecule has 0 aliphatic heterocycles. The van der Waals surface area contributed by atoms with Crippen molar-refractivity contribution >= 4 is 5.91 Å². The van der Waals surface area contributed by atoms with E-state index in [-0.39, 0.29) is 12.1 Å². The molecule has 0 radical (unpaired) electrons. The zero-order chi connectivity index (χ0) is 17.9. The first-order chi connectivity index (χ1) is 11.9. The third kappa shape index (κ3) is 3.82. The fraction of sp³-hybridized carbons (Fsp3) is 0.125. The summed E-state index contributed by atoms with van der Waals surface area (Å²) in [7, 11) is 0. The number of hydrogen-bond acceptors (Lipinski definition) is 4. The normalized spacial score (nSPS) is 11.3. The molecule has 1 amide bonds. The van der Waals surface area contributed by atoms with E-state index >= 15 is 0 Å². The Labute approximate surface area is 140 Å². The summed E-state index contributed by atoms with van der Waals surface area (Å²) in [6.07, 6.45) is -4.46. The summed E-state index contributed by atoms with van der Waals surface area (Å²) in [5.74, 6) is -0.0947. The lowest BCUT2D eigenvalue weighted by atomic mass is 10.1. The second kappa shape index (κ2) is 6.71. The Balaban J connectivity index is 1.69. The third-order valence-corrected chi connectivity index (χ3v) is 3.51. The number of aromatic amines is 1. The van der Waals surface area contributed by atoms with Crippen LogP contribution in [-0.4, -0.2) is 26.5 Å². The molecule has 0 fully saturated rings. The van der Waals surface area contributed by atoms with Crippen LogP contribution in [0.25, 0.3) is 11.4 Å². The minimum absolute atomic E-state index is 0.00627. The molecule has 0 saturated heterocycles. The molecule has 0 unspecified atom stereocenters. The number of nitrogens with one attached hydrogen (secondary N) is 2. The van der Waals surface area contributed by atoms with Crippen molar-refractivity contribution in [1.29, 1.82) is 0 Å². The van der Waals surface area contributed by atoms with E-state index in [9.17, 15) is 18.0 Å². The van der Waals surface area contributed by atoms with Gasteiger partial charge in [-0.2, -0.15) is 18.4 Å². The molecule has 3 aromatic rings. The summed E-state index contributed by atoms with van der Waals surface area (Å²) in [5, 5.41) is 15.9. The highest BCUT2D eigenvalue weighted by molar-refractivity contribution is 5.94.